The number of rotatable bonds is 6. The quantitative estimate of drug-likeness (QED) is 0.327. The average molecular weight is 460 g/mol. The first kappa shape index (κ1) is 16.2. The Labute approximate surface area is 155 Å². The number of aromatic nitrogens is 6. The Morgan fingerprint density at radius 3 is 2.36 bits per heavy atom. The van der Waals surface area contributed by atoms with E-state index < -0.39 is 0 Å². The first-order valence-corrected chi connectivity index (χ1v) is 13.9. The van der Waals surface area contributed by atoms with Crippen LogP contribution < -0.4 is 0 Å². The Bertz CT molecular complexity index is 1050. The van der Waals surface area contributed by atoms with Gasteiger partial charge >= 0.3 is 156 Å². The van der Waals surface area contributed by atoms with E-state index in [4.69, 9.17) is 0 Å². The van der Waals surface area contributed by atoms with Crippen LogP contribution in [0.5, 0.6) is 0 Å². The summed E-state index contributed by atoms with van der Waals surface area (Å²) in [5, 5.41) is 16.6. The summed E-state index contributed by atoms with van der Waals surface area (Å²) in [7, 11) is 0. The summed E-state index contributed by atoms with van der Waals surface area (Å²) >= 11 is 0.914. The molecule has 0 fully saturated rings. The molecule has 4 aromatic rings. The molecule has 0 saturated carbocycles. The minimum absolute atomic E-state index is 0.445. The van der Waals surface area contributed by atoms with Gasteiger partial charge in [-0.25, -0.2) is 0 Å². The number of hydrogen-bond donors (Lipinski definition) is 0. The Morgan fingerprint density at radius 1 is 0.800 bits per heavy atom. The van der Waals surface area contributed by atoms with Gasteiger partial charge in [-0.15, -0.1) is 0 Å². The van der Waals surface area contributed by atoms with Crippen LogP contribution in [0, 0.1) is 0 Å². The van der Waals surface area contributed by atoms with Gasteiger partial charge in [-0.3, -0.25) is 0 Å². The Kier molecular flexibility index (Phi) is 5.04. The first-order chi connectivity index (χ1) is 12.4. The molecular formula is C17H14N6Se2. The molecule has 6 nitrogen and oxygen atoms in total. The Balaban J connectivity index is 1.30. The van der Waals surface area contributed by atoms with Gasteiger partial charge < -0.3 is 0 Å². The second kappa shape index (κ2) is 7.76. The second-order valence-corrected chi connectivity index (χ2v) is 11.3. The third-order valence-electron chi connectivity index (χ3n) is 3.54. The molecule has 25 heavy (non-hydrogen) atoms. The zero-order chi connectivity index (χ0) is 16.9. The van der Waals surface area contributed by atoms with E-state index in [0.717, 1.165) is 28.6 Å². The predicted molar refractivity (Wildman–Crippen MR) is 101 cm³/mol. The topological polar surface area (TPSA) is 61.4 Å². The van der Waals surface area contributed by atoms with Crippen LogP contribution in [-0.4, -0.2) is 56.3 Å². The van der Waals surface area contributed by atoms with Gasteiger partial charge in [0.25, 0.3) is 0 Å². The maximum atomic E-state index is 4.19. The predicted octanol–water partition coefficient (Wildman–Crippen LogP) is 2.14. The molecule has 0 saturated heterocycles. The van der Waals surface area contributed by atoms with E-state index >= 15 is 0 Å². The number of allylic oxidation sites excluding steroid dienone is 1. The molecule has 0 spiro atoms. The second-order valence-electron chi connectivity index (χ2n) is 5.13. The van der Waals surface area contributed by atoms with Crippen LogP contribution in [0.1, 0.15) is 0 Å². The zero-order valence-corrected chi connectivity index (χ0v) is 16.6. The summed E-state index contributed by atoms with van der Waals surface area (Å²) in [6.07, 6.45) is 4.18. The van der Waals surface area contributed by atoms with Crippen molar-refractivity contribution in [2.45, 2.75) is 6.54 Å². The minimum atomic E-state index is 0.445. The Morgan fingerprint density at radius 2 is 1.48 bits per heavy atom. The van der Waals surface area contributed by atoms with Gasteiger partial charge in [-0.1, -0.05) is 0 Å². The van der Waals surface area contributed by atoms with Crippen LogP contribution in [-0.2, 0) is 6.54 Å². The monoisotopic (exact) mass is 462 g/mol. The summed E-state index contributed by atoms with van der Waals surface area (Å²) in [6.45, 7) is 0.760. The summed E-state index contributed by atoms with van der Waals surface area (Å²) in [5.74, 6) is 0. The van der Waals surface area contributed by atoms with Crippen molar-refractivity contribution in [3.63, 3.8) is 0 Å². The fourth-order valence-corrected chi connectivity index (χ4v) is 6.14. The van der Waals surface area contributed by atoms with Gasteiger partial charge in [0, 0.05) is 0 Å². The molecule has 0 atom stereocenters. The van der Waals surface area contributed by atoms with Crippen molar-refractivity contribution in [2.24, 2.45) is 0 Å². The number of benzene rings is 2. The van der Waals surface area contributed by atoms with Crippen molar-refractivity contribution in [3.05, 3.63) is 64.6 Å². The van der Waals surface area contributed by atoms with Crippen LogP contribution in [0.25, 0.3) is 28.3 Å². The van der Waals surface area contributed by atoms with Gasteiger partial charge in [0.2, 0.25) is 0 Å². The van der Waals surface area contributed by atoms with E-state index in [0.29, 0.717) is 26.3 Å². The summed E-state index contributed by atoms with van der Waals surface area (Å²) < 4.78 is 3.75. The number of hydrogen-bond acceptors (Lipinski definition) is 4. The Hall–Kier alpha value is -2.24. The molecule has 0 N–H and O–H groups in total. The standard InChI is InChI=1S/C17H14N6Se2/c1-3-8-16-14(6-1)18-20-22(16)10-5-12-24-25-13-11-23-17-9-4-2-7-15(17)19-21-23/h1-9,11-13H,10H2/b12-5+,13-11+. The summed E-state index contributed by atoms with van der Waals surface area (Å²) in [5.41, 5.74) is 3.97. The molecule has 0 unspecified atom stereocenters. The van der Waals surface area contributed by atoms with Gasteiger partial charge in [-0.2, -0.15) is 0 Å². The van der Waals surface area contributed by atoms with Crippen molar-refractivity contribution >= 4 is 54.5 Å². The molecule has 2 heterocycles. The van der Waals surface area contributed by atoms with Crippen molar-refractivity contribution < 1.29 is 0 Å². The zero-order valence-electron chi connectivity index (χ0n) is 13.1. The molecule has 0 bridgehead atoms. The van der Waals surface area contributed by atoms with E-state index in [1.807, 2.05) is 64.1 Å². The molecule has 0 amide bonds. The SMILES string of the molecule is C(=C\[Se][Se]/C=C/n1nnc2ccccc21)/Cn1nnc2ccccc21. The van der Waals surface area contributed by atoms with Crippen molar-refractivity contribution in [1.29, 1.82) is 0 Å². The van der Waals surface area contributed by atoms with Crippen LogP contribution in [0.3, 0.4) is 0 Å². The molecule has 2 aromatic heterocycles. The van der Waals surface area contributed by atoms with Gasteiger partial charge in [0.15, 0.2) is 0 Å². The van der Waals surface area contributed by atoms with Crippen molar-refractivity contribution in [1.82, 2.24) is 30.0 Å². The van der Waals surface area contributed by atoms with Crippen LogP contribution in [0.15, 0.2) is 64.6 Å². The van der Waals surface area contributed by atoms with Crippen molar-refractivity contribution in [3.8, 4) is 0 Å². The number of nitrogens with zero attached hydrogens (tertiary/aromatic N) is 6. The molecule has 0 aliphatic carbocycles. The molecule has 2 aromatic carbocycles. The molecule has 0 radical (unpaired) electrons. The molecule has 8 heteroatoms. The van der Waals surface area contributed by atoms with Gasteiger partial charge in [0.05, 0.1) is 0 Å². The van der Waals surface area contributed by atoms with E-state index in [9.17, 15) is 0 Å². The molecule has 0 aliphatic heterocycles. The van der Waals surface area contributed by atoms with Crippen molar-refractivity contribution in [2.75, 3.05) is 0 Å². The molecule has 124 valence electrons. The normalized spacial score (nSPS) is 12.2. The molecule has 0 aliphatic rings. The average Bonchev–Trinajstić information content (AvgIpc) is 3.25. The van der Waals surface area contributed by atoms with E-state index in [2.05, 4.69) is 36.6 Å². The first-order valence-electron chi connectivity index (χ1n) is 7.64. The molecular weight excluding hydrogens is 446 g/mol. The van der Waals surface area contributed by atoms with E-state index in [-0.39, 0.29) is 0 Å². The van der Waals surface area contributed by atoms with Gasteiger partial charge in [0.1, 0.15) is 0 Å². The van der Waals surface area contributed by atoms with Crippen LogP contribution >= 0.6 is 0 Å². The van der Waals surface area contributed by atoms with Crippen LogP contribution in [0.4, 0.5) is 0 Å². The fraction of sp³-hybridized carbons (Fsp3) is 0.0588. The third-order valence-corrected chi connectivity index (χ3v) is 8.53. The third kappa shape index (κ3) is 3.72. The molecule has 4 rings (SSSR count). The van der Waals surface area contributed by atoms with Gasteiger partial charge in [-0.05, 0) is 0 Å². The summed E-state index contributed by atoms with van der Waals surface area (Å²) in [6, 6.07) is 16.0. The maximum absolute atomic E-state index is 4.19. The fourth-order valence-electron chi connectivity index (χ4n) is 2.38. The summed E-state index contributed by atoms with van der Waals surface area (Å²) in [4.78, 5) is 4.45. The van der Waals surface area contributed by atoms with E-state index in [1.54, 1.807) is 0 Å². The van der Waals surface area contributed by atoms with Crippen LogP contribution in [0.2, 0.25) is 0 Å². The number of para-hydroxylation sites is 2. The number of fused-ring (bicyclic) bond motifs is 2. The van der Waals surface area contributed by atoms with E-state index in [1.165, 1.54) is 0 Å².